The van der Waals surface area contributed by atoms with Crippen molar-refractivity contribution in [2.24, 2.45) is 20.5 Å². The molecule has 0 aliphatic heterocycles. The first kappa shape index (κ1) is 42.3. The molecule has 0 amide bonds. The van der Waals surface area contributed by atoms with Crippen LogP contribution in [0.15, 0.2) is 127 Å². The fourth-order valence-corrected chi connectivity index (χ4v) is 6.22. The number of hydrogen-bond donors (Lipinski definition) is 2. The summed E-state index contributed by atoms with van der Waals surface area (Å²) in [6, 6.07) is 22.9. The number of rotatable bonds is 8. The Morgan fingerprint density at radius 3 is 1.22 bits per heavy atom. The molecule has 6 aromatic carbocycles. The minimum Gasteiger partial charge on any atom is -0.744 e. The number of phenolic OH excluding ortho intramolecular Hbond substituents is 2. The van der Waals surface area contributed by atoms with Crippen LogP contribution >= 0.6 is 0 Å². The topological polar surface area (TPSA) is 291 Å². The molecule has 0 spiro atoms. The van der Waals surface area contributed by atoms with E-state index in [0.29, 0.717) is 32.7 Å². The summed E-state index contributed by atoms with van der Waals surface area (Å²) in [5.41, 5.74) is 0.688. The van der Waals surface area contributed by atoms with E-state index in [1.54, 1.807) is 62.4 Å². The number of hydrogen-bond acceptors (Lipinski definition) is 16. The van der Waals surface area contributed by atoms with Gasteiger partial charge in [-0.05, 0) is 47.9 Å². The number of azo groups is 2. The molecule has 0 atom stereocenters. The van der Waals surface area contributed by atoms with Crippen LogP contribution in [0.3, 0.4) is 0 Å². The first-order valence-corrected chi connectivity index (χ1v) is 17.9. The zero-order chi connectivity index (χ0) is 39.5. The molecule has 21 heteroatoms. The quantitative estimate of drug-likeness (QED) is 0.0489. The number of phenols is 2. The van der Waals surface area contributed by atoms with Gasteiger partial charge in [0.05, 0.1) is 31.0 Å². The molecule has 0 saturated heterocycles. The van der Waals surface area contributed by atoms with Crippen LogP contribution in [0.5, 0.6) is 11.5 Å². The van der Waals surface area contributed by atoms with E-state index in [-0.39, 0.29) is 71.9 Å². The van der Waals surface area contributed by atoms with Crippen molar-refractivity contribution in [1.29, 1.82) is 0 Å². The number of benzene rings is 6. The first-order chi connectivity index (χ1) is 25.4. The van der Waals surface area contributed by atoms with Crippen molar-refractivity contribution in [2.75, 3.05) is 0 Å². The molecular weight excluding hydrogens is 789 g/mol. The fraction of sp³-hybridized carbons (Fsp3) is 0.0588. The van der Waals surface area contributed by atoms with Crippen LogP contribution in [0.1, 0.15) is 11.1 Å². The van der Waals surface area contributed by atoms with Crippen LogP contribution in [0.25, 0.3) is 21.5 Å². The summed E-state index contributed by atoms with van der Waals surface area (Å²) >= 11 is 0. The summed E-state index contributed by atoms with van der Waals surface area (Å²) in [6.45, 7) is 3.32. The van der Waals surface area contributed by atoms with Gasteiger partial charge in [-0.25, -0.2) is 16.8 Å². The number of nitrogens with zero attached hydrogens (tertiary/aromatic N) is 6. The number of fused-ring (bicyclic) bond motifs is 2. The Morgan fingerprint density at radius 1 is 0.545 bits per heavy atom. The maximum absolute atomic E-state index is 11.4. The van der Waals surface area contributed by atoms with Crippen molar-refractivity contribution in [2.45, 2.75) is 23.6 Å². The van der Waals surface area contributed by atoms with Gasteiger partial charge in [-0.15, -0.1) is 20.5 Å². The van der Waals surface area contributed by atoms with Crippen LogP contribution in [0.2, 0.25) is 0 Å². The molecule has 0 heterocycles. The van der Waals surface area contributed by atoms with E-state index in [9.17, 15) is 56.4 Å². The summed E-state index contributed by atoms with van der Waals surface area (Å²) in [7, 11) is -9.90. The van der Waals surface area contributed by atoms with Gasteiger partial charge in [-0.2, -0.15) is 0 Å². The molecule has 0 fully saturated rings. The van der Waals surface area contributed by atoms with Gasteiger partial charge in [-0.3, -0.25) is 20.2 Å². The number of nitro groups is 2. The number of nitro benzene ring substituents is 2. The van der Waals surface area contributed by atoms with Crippen molar-refractivity contribution in [3.05, 3.63) is 128 Å². The molecule has 0 radical (unpaired) electrons. The third-order valence-corrected chi connectivity index (χ3v) is 9.48. The van der Waals surface area contributed by atoms with Gasteiger partial charge in [0.2, 0.25) is 0 Å². The molecule has 55 heavy (non-hydrogen) atoms. The van der Waals surface area contributed by atoms with Crippen LogP contribution in [0.4, 0.5) is 34.1 Å². The van der Waals surface area contributed by atoms with E-state index in [1.165, 1.54) is 36.4 Å². The molecule has 6 rings (SSSR count). The molecule has 18 nitrogen and oxygen atoms in total. The molecule has 0 saturated carbocycles. The second kappa shape index (κ2) is 16.9. The Bertz CT molecular complexity index is 2610. The smallest absolute Gasteiger partial charge is 0.744 e. The summed E-state index contributed by atoms with van der Waals surface area (Å²) in [5, 5.41) is 59.5. The Kier molecular flexibility index (Phi) is 13.0. The predicted molar refractivity (Wildman–Crippen MR) is 197 cm³/mol. The monoisotopic (exact) mass is 812 g/mol. The Morgan fingerprint density at radius 2 is 0.891 bits per heavy atom. The number of non-ortho nitro benzene ring substituents is 2. The second-order valence-electron chi connectivity index (χ2n) is 11.4. The van der Waals surface area contributed by atoms with Gasteiger partial charge in [0.25, 0.3) is 11.4 Å². The fourth-order valence-electron chi connectivity index (χ4n) is 5.01. The van der Waals surface area contributed by atoms with Crippen LogP contribution in [-0.2, 0) is 20.2 Å². The molecule has 0 aliphatic carbocycles. The summed E-state index contributed by atoms with van der Waals surface area (Å²) in [4.78, 5) is 19.0. The van der Waals surface area contributed by atoms with E-state index >= 15 is 0 Å². The van der Waals surface area contributed by atoms with E-state index < -0.39 is 51.4 Å². The zero-order valence-electron chi connectivity index (χ0n) is 28.4. The van der Waals surface area contributed by atoms with Gasteiger partial charge in [-0.1, -0.05) is 60.7 Å². The summed E-state index contributed by atoms with van der Waals surface area (Å²) < 4.78 is 68.6. The SMILES string of the molecule is Cc1ccc([N+](=O)[O-])cc1N=Nc1c(O)c(S(=O)(=O)[O-])cc2ccccc12.Cc1ccc([N+](=O)[O-])cc1N=Nc1c(O)c(S(=O)(=O)[O-])cc2ccccc12.[Ca+2]. The normalized spacial score (nSPS) is 11.7. The van der Waals surface area contributed by atoms with Gasteiger partial charge in [0.1, 0.15) is 31.6 Å². The third-order valence-electron chi connectivity index (χ3n) is 7.78. The Labute approximate surface area is 341 Å². The molecular formula is C34H24CaN6O12S2. The van der Waals surface area contributed by atoms with E-state index in [2.05, 4.69) is 20.5 Å². The minimum atomic E-state index is -4.95. The Hall–Kier alpha value is -5.48. The maximum Gasteiger partial charge on any atom is 2.00 e. The van der Waals surface area contributed by atoms with Crippen molar-refractivity contribution in [1.82, 2.24) is 0 Å². The molecule has 0 unspecified atom stereocenters. The van der Waals surface area contributed by atoms with Crippen LogP contribution in [-0.4, -0.2) is 83.7 Å². The van der Waals surface area contributed by atoms with Crippen molar-refractivity contribution >= 4 is 114 Å². The second-order valence-corrected chi connectivity index (χ2v) is 14.0. The zero-order valence-corrected chi connectivity index (χ0v) is 32.3. The molecule has 6 aromatic rings. The molecule has 0 bridgehead atoms. The minimum absolute atomic E-state index is 0. The molecule has 276 valence electrons. The van der Waals surface area contributed by atoms with Crippen LogP contribution in [0, 0.1) is 34.1 Å². The standard InChI is InChI=1S/2C17H13N3O6S.Ca/c2*1-10-6-7-12(20(22)23)9-14(10)18-19-16-13-5-3-2-4-11(13)8-15(17(16)21)27(24,25)26;/h2*2-9,21H,1H3,(H,24,25,26);/q;;+2/p-2. The van der Waals surface area contributed by atoms with Gasteiger partial charge < -0.3 is 19.3 Å². The number of aromatic hydroxyl groups is 2. The van der Waals surface area contributed by atoms with E-state index in [0.717, 1.165) is 12.1 Å². The van der Waals surface area contributed by atoms with Gasteiger partial charge in [0.15, 0.2) is 11.5 Å². The van der Waals surface area contributed by atoms with E-state index in [1.807, 2.05) is 0 Å². The predicted octanol–water partition coefficient (Wildman–Crippen LogP) is 7.78. The van der Waals surface area contributed by atoms with Gasteiger partial charge >= 0.3 is 37.7 Å². The maximum atomic E-state index is 11.4. The summed E-state index contributed by atoms with van der Waals surface area (Å²) in [5.74, 6) is -1.65. The Balaban J connectivity index is 0.000000240. The number of aryl methyl sites for hydroxylation is 2. The summed E-state index contributed by atoms with van der Waals surface area (Å²) in [6.07, 6.45) is 0. The van der Waals surface area contributed by atoms with Gasteiger partial charge in [0, 0.05) is 35.0 Å². The first-order valence-electron chi connectivity index (χ1n) is 15.1. The molecule has 2 N–H and O–H groups in total. The third kappa shape index (κ3) is 9.61. The molecule has 0 aliphatic rings. The van der Waals surface area contributed by atoms with Crippen LogP contribution < -0.4 is 0 Å². The average molecular weight is 813 g/mol. The van der Waals surface area contributed by atoms with Crippen molar-refractivity contribution in [3.8, 4) is 11.5 Å². The van der Waals surface area contributed by atoms with Crippen molar-refractivity contribution in [3.63, 3.8) is 0 Å². The average Bonchev–Trinajstić information content (AvgIpc) is 3.10. The molecule has 0 aromatic heterocycles. The van der Waals surface area contributed by atoms with E-state index in [4.69, 9.17) is 0 Å². The largest absolute Gasteiger partial charge is 2.00 e. The van der Waals surface area contributed by atoms with Crippen molar-refractivity contribution < 1.29 is 46.0 Å².